The third-order valence-electron chi connectivity index (χ3n) is 2.69. The van der Waals surface area contributed by atoms with Crippen molar-refractivity contribution < 1.29 is 9.84 Å². The fourth-order valence-corrected chi connectivity index (χ4v) is 1.87. The van der Waals surface area contributed by atoms with Gasteiger partial charge in [0.25, 0.3) is 0 Å². The highest BCUT2D eigenvalue weighted by atomic mass is 16.5. The Hall–Kier alpha value is -0.120. The van der Waals surface area contributed by atoms with Gasteiger partial charge in [-0.3, -0.25) is 0 Å². The zero-order chi connectivity index (χ0) is 9.52. The van der Waals surface area contributed by atoms with E-state index in [1.807, 2.05) is 0 Å². The molecule has 13 heavy (non-hydrogen) atoms. The number of hydrogen-bond donors (Lipinski definition) is 2. The van der Waals surface area contributed by atoms with Crippen molar-refractivity contribution in [2.45, 2.75) is 44.2 Å². The Kier molecular flexibility index (Phi) is 5.35. The molecule has 1 fully saturated rings. The van der Waals surface area contributed by atoms with Crippen LogP contribution in [0.1, 0.15) is 32.1 Å². The molecule has 0 spiro atoms. The zero-order valence-electron chi connectivity index (χ0n) is 8.46. The van der Waals surface area contributed by atoms with Crippen LogP contribution in [-0.4, -0.2) is 37.5 Å². The van der Waals surface area contributed by atoms with E-state index in [1.165, 1.54) is 19.3 Å². The lowest BCUT2D eigenvalue weighted by Crippen LogP contribution is -2.40. The highest BCUT2D eigenvalue weighted by Gasteiger charge is 2.20. The van der Waals surface area contributed by atoms with Crippen LogP contribution in [0.2, 0.25) is 0 Å². The standard InChI is InChI=1S/C10H21NO2/c1-13-8-7-11-9-5-3-2-4-6-10(9)12/h9-12H,2-8H2,1H3. The minimum atomic E-state index is -0.153. The van der Waals surface area contributed by atoms with Crippen LogP contribution in [0.15, 0.2) is 0 Å². The third-order valence-corrected chi connectivity index (χ3v) is 2.69. The van der Waals surface area contributed by atoms with Gasteiger partial charge in [-0.05, 0) is 12.8 Å². The highest BCUT2D eigenvalue weighted by Crippen LogP contribution is 2.17. The van der Waals surface area contributed by atoms with Gasteiger partial charge in [-0.2, -0.15) is 0 Å². The average Bonchev–Trinajstić information content (AvgIpc) is 2.32. The summed E-state index contributed by atoms with van der Waals surface area (Å²) in [5.41, 5.74) is 0. The average molecular weight is 187 g/mol. The van der Waals surface area contributed by atoms with Crippen molar-refractivity contribution in [3.8, 4) is 0 Å². The second-order valence-electron chi connectivity index (χ2n) is 3.76. The molecule has 3 heteroatoms. The first kappa shape index (κ1) is 11.0. The van der Waals surface area contributed by atoms with Gasteiger partial charge in [0.05, 0.1) is 12.7 Å². The zero-order valence-corrected chi connectivity index (χ0v) is 8.46. The number of aliphatic hydroxyl groups is 1. The molecular formula is C10H21NO2. The molecule has 1 rings (SSSR count). The predicted octanol–water partition coefficient (Wildman–Crippen LogP) is 0.916. The smallest absolute Gasteiger partial charge is 0.0693 e. The molecule has 2 atom stereocenters. The molecule has 0 aromatic rings. The number of aliphatic hydroxyl groups excluding tert-OH is 1. The van der Waals surface area contributed by atoms with Crippen LogP contribution in [0.4, 0.5) is 0 Å². The van der Waals surface area contributed by atoms with Crippen LogP contribution in [-0.2, 0) is 4.74 Å². The molecule has 0 aromatic heterocycles. The monoisotopic (exact) mass is 187 g/mol. The Labute approximate surface area is 80.5 Å². The maximum Gasteiger partial charge on any atom is 0.0693 e. The lowest BCUT2D eigenvalue weighted by molar-refractivity contribution is 0.112. The first-order valence-corrected chi connectivity index (χ1v) is 5.25. The van der Waals surface area contributed by atoms with Crippen molar-refractivity contribution in [1.82, 2.24) is 5.32 Å². The lowest BCUT2D eigenvalue weighted by atomic mass is 10.1. The summed E-state index contributed by atoms with van der Waals surface area (Å²) in [6.07, 6.45) is 5.57. The molecule has 0 radical (unpaired) electrons. The van der Waals surface area contributed by atoms with Gasteiger partial charge in [-0.15, -0.1) is 0 Å². The fraction of sp³-hybridized carbons (Fsp3) is 1.00. The van der Waals surface area contributed by atoms with Crippen LogP contribution < -0.4 is 5.32 Å². The van der Waals surface area contributed by atoms with Gasteiger partial charge in [-0.25, -0.2) is 0 Å². The Bertz CT molecular complexity index is 130. The van der Waals surface area contributed by atoms with E-state index in [4.69, 9.17) is 4.74 Å². The Balaban J connectivity index is 2.19. The van der Waals surface area contributed by atoms with Gasteiger partial charge in [-0.1, -0.05) is 19.3 Å². The number of nitrogens with one attached hydrogen (secondary N) is 1. The Morgan fingerprint density at radius 3 is 2.85 bits per heavy atom. The Morgan fingerprint density at radius 1 is 1.31 bits per heavy atom. The number of ether oxygens (including phenoxy) is 1. The van der Waals surface area contributed by atoms with E-state index in [0.717, 1.165) is 26.0 Å². The second-order valence-corrected chi connectivity index (χ2v) is 3.76. The summed E-state index contributed by atoms with van der Waals surface area (Å²) in [5.74, 6) is 0. The molecule has 0 amide bonds. The van der Waals surface area contributed by atoms with E-state index >= 15 is 0 Å². The van der Waals surface area contributed by atoms with Gasteiger partial charge in [0.1, 0.15) is 0 Å². The first-order valence-electron chi connectivity index (χ1n) is 5.25. The van der Waals surface area contributed by atoms with Crippen molar-refractivity contribution in [3.63, 3.8) is 0 Å². The normalized spacial score (nSPS) is 30.0. The highest BCUT2D eigenvalue weighted by molar-refractivity contribution is 4.78. The van der Waals surface area contributed by atoms with Gasteiger partial charge in [0, 0.05) is 19.7 Å². The number of rotatable bonds is 4. The molecule has 0 heterocycles. The number of methoxy groups -OCH3 is 1. The van der Waals surface area contributed by atoms with E-state index in [-0.39, 0.29) is 12.1 Å². The molecule has 78 valence electrons. The molecule has 1 aliphatic rings. The summed E-state index contributed by atoms with van der Waals surface area (Å²) < 4.78 is 4.96. The topological polar surface area (TPSA) is 41.5 Å². The maximum atomic E-state index is 9.74. The summed E-state index contributed by atoms with van der Waals surface area (Å²) in [5, 5.41) is 13.1. The summed E-state index contributed by atoms with van der Waals surface area (Å²) in [6, 6.07) is 0.289. The van der Waals surface area contributed by atoms with E-state index in [1.54, 1.807) is 7.11 Å². The Morgan fingerprint density at radius 2 is 2.08 bits per heavy atom. The van der Waals surface area contributed by atoms with Crippen molar-refractivity contribution in [2.75, 3.05) is 20.3 Å². The van der Waals surface area contributed by atoms with Crippen LogP contribution >= 0.6 is 0 Å². The molecule has 1 saturated carbocycles. The van der Waals surface area contributed by atoms with Crippen molar-refractivity contribution in [2.24, 2.45) is 0 Å². The molecule has 2 N–H and O–H groups in total. The van der Waals surface area contributed by atoms with Crippen LogP contribution in [0.3, 0.4) is 0 Å². The van der Waals surface area contributed by atoms with Crippen LogP contribution in [0, 0.1) is 0 Å². The van der Waals surface area contributed by atoms with E-state index in [9.17, 15) is 5.11 Å². The maximum absolute atomic E-state index is 9.74. The summed E-state index contributed by atoms with van der Waals surface area (Å²) in [7, 11) is 1.70. The SMILES string of the molecule is COCCNC1CCCCCC1O. The quantitative estimate of drug-likeness (QED) is 0.508. The summed E-state index contributed by atoms with van der Waals surface area (Å²) >= 11 is 0. The van der Waals surface area contributed by atoms with Gasteiger partial charge in [0.2, 0.25) is 0 Å². The van der Waals surface area contributed by atoms with Gasteiger partial charge in [0.15, 0.2) is 0 Å². The minimum absolute atomic E-state index is 0.153. The first-order chi connectivity index (χ1) is 6.34. The second kappa shape index (κ2) is 6.35. The molecular weight excluding hydrogens is 166 g/mol. The molecule has 0 bridgehead atoms. The van der Waals surface area contributed by atoms with E-state index in [2.05, 4.69) is 5.32 Å². The van der Waals surface area contributed by atoms with Crippen molar-refractivity contribution >= 4 is 0 Å². The third kappa shape index (κ3) is 4.07. The van der Waals surface area contributed by atoms with E-state index < -0.39 is 0 Å². The predicted molar refractivity (Wildman–Crippen MR) is 52.8 cm³/mol. The molecule has 1 aliphatic carbocycles. The molecule has 0 saturated heterocycles. The largest absolute Gasteiger partial charge is 0.392 e. The summed E-state index contributed by atoms with van der Waals surface area (Å²) in [6.45, 7) is 1.57. The van der Waals surface area contributed by atoms with Crippen LogP contribution in [0.25, 0.3) is 0 Å². The van der Waals surface area contributed by atoms with Crippen molar-refractivity contribution in [3.05, 3.63) is 0 Å². The summed E-state index contributed by atoms with van der Waals surface area (Å²) in [4.78, 5) is 0. The van der Waals surface area contributed by atoms with E-state index in [0.29, 0.717) is 0 Å². The molecule has 0 aliphatic heterocycles. The lowest BCUT2D eigenvalue weighted by Gasteiger charge is -2.21. The fourth-order valence-electron chi connectivity index (χ4n) is 1.87. The minimum Gasteiger partial charge on any atom is -0.392 e. The van der Waals surface area contributed by atoms with Crippen molar-refractivity contribution in [1.29, 1.82) is 0 Å². The number of hydrogen-bond acceptors (Lipinski definition) is 3. The van der Waals surface area contributed by atoms with Crippen LogP contribution in [0.5, 0.6) is 0 Å². The molecule has 2 unspecified atom stereocenters. The molecule has 3 nitrogen and oxygen atoms in total. The van der Waals surface area contributed by atoms with Gasteiger partial charge < -0.3 is 15.2 Å². The van der Waals surface area contributed by atoms with Gasteiger partial charge >= 0.3 is 0 Å². The molecule has 0 aromatic carbocycles.